The van der Waals surface area contributed by atoms with Crippen molar-refractivity contribution in [3.8, 4) is 0 Å². The molecule has 1 heterocycles. The van der Waals surface area contributed by atoms with Crippen molar-refractivity contribution in [1.29, 1.82) is 0 Å². The third kappa shape index (κ3) is 6.23. The zero-order chi connectivity index (χ0) is 15.2. The molecule has 118 valence electrons. The minimum atomic E-state index is -0.0502. The number of carbonyl (C=O) groups excluding carboxylic acids is 1. The quantitative estimate of drug-likeness (QED) is 0.782. The molecule has 1 aliphatic rings. The number of nitrogens with two attached hydrogens (primary N) is 1. The number of carbonyl (C=O) groups is 1. The van der Waals surface area contributed by atoms with Gasteiger partial charge in [-0.15, -0.1) is 0 Å². The van der Waals surface area contributed by atoms with Crippen LogP contribution in [0.1, 0.15) is 47.0 Å². The van der Waals surface area contributed by atoms with Crippen molar-refractivity contribution in [2.45, 2.75) is 47.0 Å². The molecule has 1 unspecified atom stereocenters. The molecule has 0 aromatic rings. The van der Waals surface area contributed by atoms with Gasteiger partial charge in [0, 0.05) is 13.1 Å². The van der Waals surface area contributed by atoms with E-state index in [0.717, 1.165) is 19.5 Å². The number of likely N-dealkylation sites (tertiary alicyclic amines) is 1. The largest absolute Gasteiger partial charge is 0.356 e. The maximum Gasteiger partial charge on any atom is 0.224 e. The molecule has 20 heavy (non-hydrogen) atoms. The topological polar surface area (TPSA) is 58.4 Å². The number of hydrogen-bond acceptors (Lipinski definition) is 3. The Balaban J connectivity index is 2.31. The fourth-order valence-electron chi connectivity index (χ4n) is 2.92. The highest BCUT2D eigenvalue weighted by atomic mass is 16.1. The molecule has 0 saturated carbocycles. The Kier molecular flexibility index (Phi) is 6.96. The summed E-state index contributed by atoms with van der Waals surface area (Å²) < 4.78 is 0. The Hall–Kier alpha value is -0.610. The summed E-state index contributed by atoms with van der Waals surface area (Å²) in [6.45, 7) is 13.4. The zero-order valence-corrected chi connectivity index (χ0v) is 13.7. The molecule has 0 radical (unpaired) electrons. The molecule has 1 saturated heterocycles. The second-order valence-corrected chi connectivity index (χ2v) is 7.32. The van der Waals surface area contributed by atoms with E-state index < -0.39 is 0 Å². The Bertz CT molecular complexity index is 291. The van der Waals surface area contributed by atoms with Crippen LogP contribution in [0, 0.1) is 17.3 Å². The van der Waals surface area contributed by atoms with E-state index in [1.807, 2.05) is 0 Å². The van der Waals surface area contributed by atoms with Gasteiger partial charge in [-0.3, -0.25) is 4.79 Å². The van der Waals surface area contributed by atoms with Crippen LogP contribution in [-0.4, -0.2) is 43.5 Å². The normalized spacial score (nSPS) is 19.9. The molecule has 0 aliphatic carbocycles. The van der Waals surface area contributed by atoms with Crippen LogP contribution in [-0.2, 0) is 4.79 Å². The fourth-order valence-corrected chi connectivity index (χ4v) is 2.92. The van der Waals surface area contributed by atoms with Gasteiger partial charge in [-0.1, -0.05) is 27.7 Å². The molecule has 1 amide bonds. The lowest BCUT2D eigenvalue weighted by atomic mass is 9.84. The van der Waals surface area contributed by atoms with Gasteiger partial charge < -0.3 is 16.0 Å². The average Bonchev–Trinajstić information content (AvgIpc) is 2.41. The molecule has 1 fully saturated rings. The lowest BCUT2D eigenvalue weighted by Crippen LogP contribution is -2.42. The van der Waals surface area contributed by atoms with E-state index in [4.69, 9.17) is 5.73 Å². The number of piperidine rings is 1. The number of nitrogens with zero attached hydrogens (tertiary/aromatic N) is 1. The average molecular weight is 283 g/mol. The molecule has 0 bridgehead atoms. The first-order chi connectivity index (χ1) is 9.35. The third-order valence-electron chi connectivity index (χ3n) is 4.23. The van der Waals surface area contributed by atoms with Crippen LogP contribution < -0.4 is 11.1 Å². The standard InChI is InChI=1S/C16H33N3O/c1-5-19-8-6-13(7-9-19)12-18-15(20)14(11-17)10-16(2,3)4/h13-14H,5-12,17H2,1-4H3,(H,18,20). The first-order valence-corrected chi connectivity index (χ1v) is 8.06. The van der Waals surface area contributed by atoms with Gasteiger partial charge in [-0.2, -0.15) is 0 Å². The predicted molar refractivity (Wildman–Crippen MR) is 84.5 cm³/mol. The summed E-state index contributed by atoms with van der Waals surface area (Å²) in [6.07, 6.45) is 3.24. The van der Waals surface area contributed by atoms with Gasteiger partial charge in [0.1, 0.15) is 0 Å². The number of nitrogens with one attached hydrogen (secondary N) is 1. The predicted octanol–water partition coefficient (Wildman–Crippen LogP) is 1.85. The highest BCUT2D eigenvalue weighted by Gasteiger charge is 2.25. The van der Waals surface area contributed by atoms with Crippen LogP contribution in [0.3, 0.4) is 0 Å². The van der Waals surface area contributed by atoms with Gasteiger partial charge in [0.05, 0.1) is 5.92 Å². The molecule has 3 N–H and O–H groups in total. The summed E-state index contributed by atoms with van der Waals surface area (Å²) in [5.41, 5.74) is 5.90. The minimum Gasteiger partial charge on any atom is -0.356 e. The van der Waals surface area contributed by atoms with Crippen molar-refractivity contribution in [3.63, 3.8) is 0 Å². The summed E-state index contributed by atoms with van der Waals surface area (Å²) >= 11 is 0. The molecule has 4 nitrogen and oxygen atoms in total. The van der Waals surface area contributed by atoms with E-state index in [-0.39, 0.29) is 17.2 Å². The van der Waals surface area contributed by atoms with E-state index >= 15 is 0 Å². The van der Waals surface area contributed by atoms with E-state index in [1.54, 1.807) is 0 Å². The van der Waals surface area contributed by atoms with Crippen LogP contribution in [0.4, 0.5) is 0 Å². The number of rotatable bonds is 6. The Labute approximate surface area is 124 Å². The van der Waals surface area contributed by atoms with Gasteiger partial charge in [0.25, 0.3) is 0 Å². The van der Waals surface area contributed by atoms with Crippen molar-refractivity contribution in [2.75, 3.05) is 32.7 Å². The van der Waals surface area contributed by atoms with Gasteiger partial charge in [0.15, 0.2) is 0 Å². The SMILES string of the molecule is CCN1CCC(CNC(=O)C(CN)CC(C)(C)C)CC1. The Morgan fingerprint density at radius 1 is 1.35 bits per heavy atom. The lowest BCUT2D eigenvalue weighted by Gasteiger charge is -2.31. The molecule has 4 heteroatoms. The summed E-state index contributed by atoms with van der Waals surface area (Å²) in [4.78, 5) is 14.7. The van der Waals surface area contributed by atoms with Gasteiger partial charge >= 0.3 is 0 Å². The highest BCUT2D eigenvalue weighted by Crippen LogP contribution is 2.24. The molecule has 0 spiro atoms. The van der Waals surface area contributed by atoms with Crippen LogP contribution in [0.5, 0.6) is 0 Å². The Morgan fingerprint density at radius 3 is 2.40 bits per heavy atom. The summed E-state index contributed by atoms with van der Waals surface area (Å²) in [7, 11) is 0. The van der Waals surface area contributed by atoms with Crippen LogP contribution >= 0.6 is 0 Å². The summed E-state index contributed by atoms with van der Waals surface area (Å²) in [5.74, 6) is 0.723. The van der Waals surface area contributed by atoms with Gasteiger partial charge in [0.2, 0.25) is 5.91 Å². The molecule has 1 aliphatic heterocycles. The zero-order valence-electron chi connectivity index (χ0n) is 13.7. The molecule has 0 aromatic carbocycles. The van der Waals surface area contributed by atoms with Gasteiger partial charge in [-0.05, 0) is 50.2 Å². The molecule has 0 aromatic heterocycles. The lowest BCUT2D eigenvalue weighted by molar-refractivity contribution is -0.125. The molecule has 1 atom stereocenters. The highest BCUT2D eigenvalue weighted by molar-refractivity contribution is 5.78. The van der Waals surface area contributed by atoms with Crippen molar-refractivity contribution in [3.05, 3.63) is 0 Å². The van der Waals surface area contributed by atoms with Crippen molar-refractivity contribution >= 4 is 5.91 Å². The maximum absolute atomic E-state index is 12.2. The molecular weight excluding hydrogens is 250 g/mol. The minimum absolute atomic E-state index is 0.0502. The summed E-state index contributed by atoms with van der Waals surface area (Å²) in [6, 6.07) is 0. The summed E-state index contributed by atoms with van der Waals surface area (Å²) in [5, 5.41) is 3.12. The number of amides is 1. The fraction of sp³-hybridized carbons (Fsp3) is 0.938. The van der Waals surface area contributed by atoms with Crippen molar-refractivity contribution in [2.24, 2.45) is 23.0 Å². The van der Waals surface area contributed by atoms with Crippen molar-refractivity contribution < 1.29 is 4.79 Å². The van der Waals surface area contributed by atoms with Crippen LogP contribution in [0.2, 0.25) is 0 Å². The second-order valence-electron chi connectivity index (χ2n) is 7.32. The maximum atomic E-state index is 12.2. The van der Waals surface area contributed by atoms with E-state index in [1.165, 1.54) is 25.9 Å². The van der Waals surface area contributed by atoms with E-state index in [0.29, 0.717) is 12.5 Å². The van der Waals surface area contributed by atoms with Crippen LogP contribution in [0.15, 0.2) is 0 Å². The molecular formula is C16H33N3O. The smallest absolute Gasteiger partial charge is 0.224 e. The van der Waals surface area contributed by atoms with E-state index in [9.17, 15) is 4.79 Å². The van der Waals surface area contributed by atoms with E-state index in [2.05, 4.69) is 37.9 Å². The first kappa shape index (κ1) is 17.4. The van der Waals surface area contributed by atoms with Crippen LogP contribution in [0.25, 0.3) is 0 Å². The van der Waals surface area contributed by atoms with Crippen molar-refractivity contribution in [1.82, 2.24) is 10.2 Å². The second kappa shape index (κ2) is 7.99. The Morgan fingerprint density at radius 2 is 1.95 bits per heavy atom. The number of hydrogen-bond donors (Lipinski definition) is 2. The molecule has 1 rings (SSSR count). The first-order valence-electron chi connectivity index (χ1n) is 8.06. The van der Waals surface area contributed by atoms with Gasteiger partial charge in [-0.25, -0.2) is 0 Å². The third-order valence-corrected chi connectivity index (χ3v) is 4.23. The monoisotopic (exact) mass is 283 g/mol.